The maximum atomic E-state index is 13.7. The van der Waals surface area contributed by atoms with Gasteiger partial charge < -0.3 is 15.2 Å². The number of nitrogens with zero attached hydrogens (tertiary/aromatic N) is 1. The molecule has 2 N–H and O–H groups in total. The van der Waals surface area contributed by atoms with Gasteiger partial charge in [-0.15, -0.1) is 11.3 Å². The van der Waals surface area contributed by atoms with E-state index in [-0.39, 0.29) is 12.4 Å². The molecule has 23 heavy (non-hydrogen) atoms. The van der Waals surface area contributed by atoms with Crippen LogP contribution in [0.15, 0.2) is 29.6 Å². The molecule has 8 heteroatoms. The molecule has 1 heterocycles. The third kappa shape index (κ3) is 3.54. The number of methoxy groups -OCH3 is 1. The molecule has 1 aromatic heterocycles. The number of aliphatic carboxylic acids is 1. The van der Waals surface area contributed by atoms with Crippen LogP contribution >= 0.6 is 11.3 Å². The lowest BCUT2D eigenvalue weighted by Gasteiger charge is -2.21. The Balaban J connectivity index is 2.07. The molecule has 2 aromatic rings. The molecular weight excluding hydrogens is 323 g/mol. The Hall–Kier alpha value is -2.32. The Bertz CT molecular complexity index is 734. The van der Waals surface area contributed by atoms with Crippen LogP contribution in [0, 0.1) is 5.82 Å². The van der Waals surface area contributed by atoms with Crippen LogP contribution in [0.2, 0.25) is 0 Å². The van der Waals surface area contributed by atoms with Crippen molar-refractivity contribution in [1.29, 1.82) is 0 Å². The summed E-state index contributed by atoms with van der Waals surface area (Å²) in [6.07, 6.45) is 0. The van der Waals surface area contributed by atoms with Crippen LogP contribution in [-0.2, 0) is 20.9 Å². The molecular formula is C15H15FN2O4S. The Morgan fingerprint density at radius 2 is 2.13 bits per heavy atom. The second-order valence-electron chi connectivity index (χ2n) is 4.83. The average Bonchev–Trinajstić information content (AvgIpc) is 3.00. The lowest BCUT2D eigenvalue weighted by Crippen LogP contribution is -2.51. The van der Waals surface area contributed by atoms with E-state index in [0.717, 1.165) is 14.0 Å². The summed E-state index contributed by atoms with van der Waals surface area (Å²) < 4.78 is 18.5. The molecule has 0 spiro atoms. The topological polar surface area (TPSA) is 88.5 Å². The molecule has 0 bridgehead atoms. The number of ether oxygens (including phenoxy) is 1. The molecule has 0 aliphatic carbocycles. The predicted octanol–water partition coefficient (Wildman–Crippen LogP) is 2.06. The summed E-state index contributed by atoms with van der Waals surface area (Å²) in [7, 11) is 1.15. The quantitative estimate of drug-likeness (QED) is 0.787. The first-order chi connectivity index (χ1) is 10.9. The summed E-state index contributed by atoms with van der Waals surface area (Å²) >= 11 is 1.24. The van der Waals surface area contributed by atoms with Gasteiger partial charge >= 0.3 is 5.97 Å². The second-order valence-corrected chi connectivity index (χ2v) is 5.77. The van der Waals surface area contributed by atoms with Crippen molar-refractivity contribution in [3.05, 3.63) is 40.5 Å². The van der Waals surface area contributed by atoms with Crippen molar-refractivity contribution in [2.75, 3.05) is 7.11 Å². The van der Waals surface area contributed by atoms with E-state index in [1.165, 1.54) is 17.4 Å². The van der Waals surface area contributed by atoms with Crippen molar-refractivity contribution in [2.24, 2.45) is 0 Å². The average molecular weight is 338 g/mol. The summed E-state index contributed by atoms with van der Waals surface area (Å²) in [5.74, 6) is -2.55. The SMILES string of the molecule is COC(C)(C(=O)O)C(=O)NCc1nc(-c2ccccc2F)cs1. The van der Waals surface area contributed by atoms with Crippen LogP contribution in [0.5, 0.6) is 0 Å². The van der Waals surface area contributed by atoms with Gasteiger partial charge in [-0.1, -0.05) is 12.1 Å². The minimum atomic E-state index is -1.97. The van der Waals surface area contributed by atoms with E-state index < -0.39 is 17.5 Å². The zero-order chi connectivity index (χ0) is 17.0. The molecule has 0 fully saturated rings. The molecule has 0 aliphatic heterocycles. The van der Waals surface area contributed by atoms with Crippen molar-refractivity contribution in [1.82, 2.24) is 10.3 Å². The Labute approximate surface area is 135 Å². The molecule has 122 valence electrons. The fourth-order valence-corrected chi connectivity index (χ4v) is 2.52. The van der Waals surface area contributed by atoms with Gasteiger partial charge in [0, 0.05) is 18.1 Å². The van der Waals surface area contributed by atoms with Crippen LogP contribution < -0.4 is 5.32 Å². The van der Waals surface area contributed by atoms with Crippen molar-refractivity contribution in [2.45, 2.75) is 19.1 Å². The number of rotatable bonds is 6. The highest BCUT2D eigenvalue weighted by molar-refractivity contribution is 7.09. The van der Waals surface area contributed by atoms with Crippen LogP contribution in [0.4, 0.5) is 4.39 Å². The van der Waals surface area contributed by atoms with Gasteiger partial charge in [0.25, 0.3) is 5.91 Å². The number of benzene rings is 1. The van der Waals surface area contributed by atoms with Gasteiger partial charge in [0.15, 0.2) is 0 Å². The van der Waals surface area contributed by atoms with Crippen LogP contribution in [0.3, 0.4) is 0 Å². The highest BCUT2D eigenvalue weighted by atomic mass is 32.1. The number of halogens is 1. The van der Waals surface area contributed by atoms with Crippen LogP contribution in [0.1, 0.15) is 11.9 Å². The molecule has 1 atom stereocenters. The van der Waals surface area contributed by atoms with Gasteiger partial charge in [-0.25, -0.2) is 14.2 Å². The van der Waals surface area contributed by atoms with Crippen molar-refractivity contribution in [3.63, 3.8) is 0 Å². The molecule has 1 unspecified atom stereocenters. The van der Waals surface area contributed by atoms with Gasteiger partial charge in [0.2, 0.25) is 5.60 Å². The Kier molecular flexibility index (Phi) is 5.07. The first-order valence-electron chi connectivity index (χ1n) is 6.64. The maximum Gasteiger partial charge on any atom is 0.345 e. The highest BCUT2D eigenvalue weighted by Gasteiger charge is 2.41. The summed E-state index contributed by atoms with van der Waals surface area (Å²) in [6, 6.07) is 6.24. The van der Waals surface area contributed by atoms with E-state index in [0.29, 0.717) is 16.3 Å². The van der Waals surface area contributed by atoms with E-state index in [4.69, 9.17) is 9.84 Å². The normalized spacial score (nSPS) is 13.3. The molecule has 0 radical (unpaired) electrons. The summed E-state index contributed by atoms with van der Waals surface area (Å²) in [5.41, 5.74) is -1.13. The second kappa shape index (κ2) is 6.84. The third-order valence-electron chi connectivity index (χ3n) is 3.35. The lowest BCUT2D eigenvalue weighted by molar-refractivity contribution is -0.167. The number of carboxylic acids is 1. The van der Waals surface area contributed by atoms with Crippen LogP contribution in [0.25, 0.3) is 11.3 Å². The van der Waals surface area contributed by atoms with Gasteiger partial charge in [-0.05, 0) is 19.1 Å². The molecule has 6 nitrogen and oxygen atoms in total. The summed E-state index contributed by atoms with van der Waals surface area (Å²) in [5, 5.41) is 13.7. The number of amides is 1. The van der Waals surface area contributed by atoms with Crippen LogP contribution in [-0.4, -0.2) is 34.7 Å². The fourth-order valence-electron chi connectivity index (χ4n) is 1.79. The largest absolute Gasteiger partial charge is 0.479 e. The number of carbonyl (C=O) groups is 2. The molecule has 1 aromatic carbocycles. The number of nitrogens with one attached hydrogen (secondary N) is 1. The molecule has 1 amide bonds. The van der Waals surface area contributed by atoms with E-state index in [1.54, 1.807) is 23.6 Å². The molecule has 2 rings (SSSR count). The number of hydrogen-bond donors (Lipinski definition) is 2. The Morgan fingerprint density at radius 1 is 1.43 bits per heavy atom. The van der Waals surface area contributed by atoms with E-state index in [2.05, 4.69) is 10.3 Å². The Morgan fingerprint density at radius 3 is 2.74 bits per heavy atom. The fraction of sp³-hybridized carbons (Fsp3) is 0.267. The van der Waals surface area contributed by atoms with Crippen molar-refractivity contribution >= 4 is 23.2 Å². The molecule has 0 aliphatic rings. The zero-order valence-corrected chi connectivity index (χ0v) is 13.3. The molecule has 0 saturated heterocycles. The minimum Gasteiger partial charge on any atom is -0.479 e. The van der Waals surface area contributed by atoms with Gasteiger partial charge in [-0.3, -0.25) is 4.79 Å². The summed E-state index contributed by atoms with van der Waals surface area (Å²) in [4.78, 5) is 27.3. The number of hydrogen-bond acceptors (Lipinski definition) is 5. The first kappa shape index (κ1) is 17.0. The van der Waals surface area contributed by atoms with Crippen molar-refractivity contribution in [3.8, 4) is 11.3 Å². The first-order valence-corrected chi connectivity index (χ1v) is 7.52. The van der Waals surface area contributed by atoms with E-state index >= 15 is 0 Å². The molecule has 0 saturated carbocycles. The highest BCUT2D eigenvalue weighted by Crippen LogP contribution is 2.24. The zero-order valence-electron chi connectivity index (χ0n) is 12.5. The number of aromatic nitrogens is 1. The van der Waals surface area contributed by atoms with Gasteiger partial charge in [0.1, 0.15) is 10.8 Å². The maximum absolute atomic E-state index is 13.7. The third-order valence-corrected chi connectivity index (χ3v) is 4.20. The number of carboxylic acid groups (broad SMARTS) is 1. The summed E-state index contributed by atoms with van der Waals surface area (Å²) in [6.45, 7) is 1.20. The van der Waals surface area contributed by atoms with Crippen molar-refractivity contribution < 1.29 is 23.8 Å². The van der Waals surface area contributed by atoms with E-state index in [1.807, 2.05) is 0 Å². The number of carbonyl (C=O) groups excluding carboxylic acids is 1. The predicted molar refractivity (Wildman–Crippen MR) is 82.4 cm³/mol. The number of thiazole rings is 1. The smallest absolute Gasteiger partial charge is 0.345 e. The minimum absolute atomic E-state index is 0.0319. The van der Waals surface area contributed by atoms with Gasteiger partial charge in [-0.2, -0.15) is 0 Å². The lowest BCUT2D eigenvalue weighted by atomic mass is 10.1. The monoisotopic (exact) mass is 338 g/mol. The van der Waals surface area contributed by atoms with E-state index in [9.17, 15) is 14.0 Å². The van der Waals surface area contributed by atoms with Gasteiger partial charge in [0.05, 0.1) is 12.2 Å². The standard InChI is InChI=1S/C15H15FN2O4S/c1-15(22-2,14(20)21)13(19)17-7-12-18-11(8-23-12)9-5-3-4-6-10(9)16/h3-6,8H,7H2,1-2H3,(H,17,19)(H,20,21).